The summed E-state index contributed by atoms with van der Waals surface area (Å²) in [5.41, 5.74) is 2.31. The Balaban J connectivity index is 1.89. The van der Waals surface area contributed by atoms with Gasteiger partial charge in [0.05, 0.1) is 12.2 Å². The van der Waals surface area contributed by atoms with Crippen molar-refractivity contribution in [2.24, 2.45) is 5.41 Å². The molecule has 4 rings (SSSR count). The number of fused-ring (bicyclic) bond motifs is 1. The Labute approximate surface area is 138 Å². The number of benzene rings is 2. The maximum absolute atomic E-state index is 10.2. The number of hydrogen-bond donors (Lipinski definition) is 1. The second-order valence-corrected chi connectivity index (χ2v) is 7.01. The maximum Gasteiger partial charge on any atom is 0.0977 e. The number of ether oxygens (including phenoxy) is 1. The van der Waals surface area contributed by atoms with Crippen LogP contribution in [0.3, 0.4) is 0 Å². The lowest BCUT2D eigenvalue weighted by atomic mass is 9.61. The molecule has 0 spiro atoms. The molecule has 0 radical (unpaired) electrons. The van der Waals surface area contributed by atoms with Gasteiger partial charge < -0.3 is 9.84 Å². The van der Waals surface area contributed by atoms with Crippen molar-refractivity contribution < 1.29 is 9.84 Å². The molecule has 2 fully saturated rings. The van der Waals surface area contributed by atoms with Crippen LogP contribution in [0.1, 0.15) is 42.7 Å². The van der Waals surface area contributed by atoms with Gasteiger partial charge in [-0.25, -0.2) is 0 Å². The van der Waals surface area contributed by atoms with Gasteiger partial charge in [0.2, 0.25) is 0 Å². The monoisotopic (exact) mass is 308 g/mol. The summed E-state index contributed by atoms with van der Waals surface area (Å²) in [5.74, 6) is 0.280. The zero-order valence-electron chi connectivity index (χ0n) is 13.4. The second-order valence-electron chi connectivity index (χ2n) is 7.01. The van der Waals surface area contributed by atoms with E-state index in [1.165, 1.54) is 11.1 Å². The van der Waals surface area contributed by atoms with E-state index in [9.17, 15) is 5.11 Å². The first-order valence-corrected chi connectivity index (χ1v) is 8.66. The minimum atomic E-state index is -0.372. The Hall–Kier alpha value is -1.64. The van der Waals surface area contributed by atoms with Crippen LogP contribution in [0.2, 0.25) is 0 Å². The molecule has 23 heavy (non-hydrogen) atoms. The average molecular weight is 308 g/mol. The van der Waals surface area contributed by atoms with Crippen LogP contribution < -0.4 is 0 Å². The maximum atomic E-state index is 10.2. The van der Waals surface area contributed by atoms with Gasteiger partial charge in [0.15, 0.2) is 0 Å². The summed E-state index contributed by atoms with van der Waals surface area (Å²) in [6.45, 7) is 0.889. The number of hydrogen-bond acceptors (Lipinski definition) is 2. The molecule has 2 aromatic rings. The van der Waals surface area contributed by atoms with E-state index in [4.69, 9.17) is 4.74 Å². The molecular formula is C21H24O2. The summed E-state index contributed by atoms with van der Waals surface area (Å²) < 4.78 is 6.19. The third-order valence-electron chi connectivity index (χ3n) is 6.11. The summed E-state index contributed by atoms with van der Waals surface area (Å²) in [6, 6.07) is 21.5. The van der Waals surface area contributed by atoms with Gasteiger partial charge in [0.25, 0.3) is 0 Å². The molecule has 1 heterocycles. The third-order valence-corrected chi connectivity index (χ3v) is 6.11. The summed E-state index contributed by atoms with van der Waals surface area (Å²) in [5, 5.41) is 10.2. The molecular weight excluding hydrogens is 284 g/mol. The zero-order chi connectivity index (χ0) is 15.8. The van der Waals surface area contributed by atoms with Crippen LogP contribution in [0.5, 0.6) is 0 Å². The highest BCUT2D eigenvalue weighted by atomic mass is 16.5. The number of aliphatic hydroxyl groups is 1. The van der Waals surface area contributed by atoms with Crippen LogP contribution in [0.15, 0.2) is 60.7 Å². The molecule has 2 aliphatic rings. The number of aliphatic hydroxyl groups excluding tert-OH is 1. The van der Waals surface area contributed by atoms with Crippen molar-refractivity contribution in [3.63, 3.8) is 0 Å². The Morgan fingerprint density at radius 3 is 2.04 bits per heavy atom. The van der Waals surface area contributed by atoms with E-state index in [0.29, 0.717) is 0 Å². The van der Waals surface area contributed by atoms with Crippen LogP contribution in [-0.4, -0.2) is 23.9 Å². The largest absolute Gasteiger partial charge is 0.393 e. The molecule has 2 aromatic carbocycles. The average Bonchev–Trinajstić information content (AvgIpc) is 3.13. The molecule has 0 bridgehead atoms. The molecule has 2 atom stereocenters. The molecule has 1 aliphatic heterocycles. The van der Waals surface area contributed by atoms with E-state index in [1.54, 1.807) is 0 Å². The standard InChI is InChI=1S/C21H24O2/c22-16-21-13-7-12-20(21,14-15-23-21)19(17-8-3-1-4-9-17)18-10-5-2-6-11-18/h1-6,8-11,19,22H,7,12-16H2/t20-,21+/m0/s1. The van der Waals surface area contributed by atoms with Crippen LogP contribution in [0.4, 0.5) is 0 Å². The van der Waals surface area contributed by atoms with Crippen LogP contribution in [0, 0.1) is 5.41 Å². The fourth-order valence-corrected chi connectivity index (χ4v) is 5.12. The lowest BCUT2D eigenvalue weighted by Gasteiger charge is -2.44. The Bertz CT molecular complexity index is 601. The summed E-state index contributed by atoms with van der Waals surface area (Å²) in [7, 11) is 0. The highest BCUT2D eigenvalue weighted by Gasteiger charge is 2.62. The van der Waals surface area contributed by atoms with Crippen molar-refractivity contribution >= 4 is 0 Å². The lowest BCUT2D eigenvalue weighted by Crippen LogP contribution is -2.47. The van der Waals surface area contributed by atoms with Crippen LogP contribution >= 0.6 is 0 Å². The van der Waals surface area contributed by atoms with E-state index in [0.717, 1.165) is 32.3 Å². The fourth-order valence-electron chi connectivity index (χ4n) is 5.12. The molecule has 120 valence electrons. The highest BCUT2D eigenvalue weighted by Crippen LogP contribution is 2.63. The molecule has 2 nitrogen and oxygen atoms in total. The molecule has 1 saturated heterocycles. The molecule has 2 heteroatoms. The van der Waals surface area contributed by atoms with E-state index in [1.807, 2.05) is 0 Å². The smallest absolute Gasteiger partial charge is 0.0977 e. The minimum absolute atomic E-state index is 0.00442. The van der Waals surface area contributed by atoms with E-state index < -0.39 is 0 Å². The summed E-state index contributed by atoms with van der Waals surface area (Å²) in [6.07, 6.45) is 4.26. The van der Waals surface area contributed by atoms with Crippen molar-refractivity contribution in [3.05, 3.63) is 71.8 Å². The van der Waals surface area contributed by atoms with Gasteiger partial charge in [-0.3, -0.25) is 0 Å². The Kier molecular flexibility index (Phi) is 3.74. The Morgan fingerprint density at radius 2 is 1.48 bits per heavy atom. The van der Waals surface area contributed by atoms with Gasteiger partial charge in [-0.05, 0) is 36.8 Å². The SMILES string of the molecule is OC[C@]12CCC[C@@]1(C(c1ccccc1)c1ccccc1)CCO2. The van der Waals surface area contributed by atoms with E-state index >= 15 is 0 Å². The molecule has 1 aliphatic carbocycles. The van der Waals surface area contributed by atoms with Gasteiger partial charge in [0, 0.05) is 17.9 Å². The third kappa shape index (κ3) is 2.16. The van der Waals surface area contributed by atoms with E-state index in [2.05, 4.69) is 60.7 Å². The Morgan fingerprint density at radius 1 is 0.870 bits per heavy atom. The first kappa shape index (κ1) is 14.9. The first-order chi connectivity index (χ1) is 11.3. The van der Waals surface area contributed by atoms with Crippen molar-refractivity contribution in [2.75, 3.05) is 13.2 Å². The summed E-state index contributed by atoms with van der Waals surface area (Å²) in [4.78, 5) is 0. The lowest BCUT2D eigenvalue weighted by molar-refractivity contribution is -0.0861. The fraction of sp³-hybridized carbons (Fsp3) is 0.429. The molecule has 0 amide bonds. The first-order valence-electron chi connectivity index (χ1n) is 8.66. The molecule has 0 aromatic heterocycles. The van der Waals surface area contributed by atoms with Crippen LogP contribution in [-0.2, 0) is 4.74 Å². The van der Waals surface area contributed by atoms with Gasteiger partial charge in [-0.15, -0.1) is 0 Å². The van der Waals surface area contributed by atoms with Gasteiger partial charge >= 0.3 is 0 Å². The highest BCUT2D eigenvalue weighted by molar-refractivity contribution is 5.38. The quantitative estimate of drug-likeness (QED) is 0.920. The van der Waals surface area contributed by atoms with Gasteiger partial charge in [-0.2, -0.15) is 0 Å². The molecule has 1 saturated carbocycles. The number of rotatable bonds is 4. The molecule has 1 N–H and O–H groups in total. The van der Waals surface area contributed by atoms with Crippen molar-refractivity contribution in [1.82, 2.24) is 0 Å². The topological polar surface area (TPSA) is 29.5 Å². The predicted octanol–water partition coefficient (Wildman–Crippen LogP) is 4.14. The molecule has 0 unspecified atom stereocenters. The van der Waals surface area contributed by atoms with Crippen LogP contribution in [0.25, 0.3) is 0 Å². The van der Waals surface area contributed by atoms with Crippen molar-refractivity contribution in [2.45, 2.75) is 37.2 Å². The van der Waals surface area contributed by atoms with Crippen molar-refractivity contribution in [3.8, 4) is 0 Å². The normalized spacial score (nSPS) is 29.8. The second kappa shape index (κ2) is 5.77. The van der Waals surface area contributed by atoms with Gasteiger partial charge in [-0.1, -0.05) is 60.7 Å². The van der Waals surface area contributed by atoms with Crippen molar-refractivity contribution in [1.29, 1.82) is 0 Å². The predicted molar refractivity (Wildman–Crippen MR) is 91.4 cm³/mol. The minimum Gasteiger partial charge on any atom is -0.393 e. The summed E-state index contributed by atoms with van der Waals surface area (Å²) >= 11 is 0. The van der Waals surface area contributed by atoms with Gasteiger partial charge in [0.1, 0.15) is 0 Å². The zero-order valence-corrected chi connectivity index (χ0v) is 13.4. The van der Waals surface area contributed by atoms with E-state index in [-0.39, 0.29) is 23.5 Å².